The smallest absolute Gasteiger partial charge is 0.236 e. The van der Waals surface area contributed by atoms with Gasteiger partial charge in [-0.1, -0.05) is 54.1 Å². The maximum absolute atomic E-state index is 12.3. The van der Waals surface area contributed by atoms with Crippen molar-refractivity contribution in [3.05, 3.63) is 77.6 Å². The van der Waals surface area contributed by atoms with Crippen LogP contribution in [0.5, 0.6) is 0 Å². The lowest BCUT2D eigenvalue weighted by Crippen LogP contribution is -2.26. The number of hydrogen-bond acceptors (Lipinski definition) is 4. The van der Waals surface area contributed by atoms with Gasteiger partial charge in [0.25, 0.3) is 0 Å². The molecule has 7 heteroatoms. The lowest BCUT2D eigenvalue weighted by Gasteiger charge is -2.08. The molecule has 1 N–H and O–H groups in total. The Morgan fingerprint density at radius 1 is 0.920 bits per heavy atom. The van der Waals surface area contributed by atoms with Crippen LogP contribution in [0, 0.1) is 0 Å². The molecule has 0 aliphatic heterocycles. The fourth-order valence-corrected chi connectivity index (χ4v) is 3.84. The molecule has 0 aliphatic rings. The van der Waals surface area contributed by atoms with Crippen LogP contribution in [0.3, 0.4) is 0 Å². The molecule has 25 heavy (non-hydrogen) atoms. The van der Waals surface area contributed by atoms with Gasteiger partial charge in [-0.15, -0.1) is 0 Å². The van der Waals surface area contributed by atoms with Crippen molar-refractivity contribution in [1.29, 1.82) is 0 Å². The monoisotopic (exact) mass is 373 g/mol. The van der Waals surface area contributed by atoms with Gasteiger partial charge in [-0.3, -0.25) is 0 Å². The second kappa shape index (κ2) is 7.74. The number of hydrogen-bond donors (Lipinski definition) is 1. The molecule has 0 amide bonds. The van der Waals surface area contributed by atoms with Crippen LogP contribution in [-0.4, -0.2) is 24.9 Å². The van der Waals surface area contributed by atoms with Crippen molar-refractivity contribution >= 4 is 21.6 Å². The molecule has 0 saturated carbocycles. The normalized spacial score (nSPS) is 11.4. The van der Waals surface area contributed by atoms with Gasteiger partial charge in [0.2, 0.25) is 10.0 Å². The minimum absolute atomic E-state index is 0.0762. The number of nitrogens with zero attached hydrogens (tertiary/aromatic N) is 2. The summed E-state index contributed by atoms with van der Waals surface area (Å²) in [5.74, 6) is 0.640. The van der Waals surface area contributed by atoms with Crippen LogP contribution in [-0.2, 0) is 16.4 Å². The lowest BCUT2D eigenvalue weighted by atomic mass is 10.2. The van der Waals surface area contributed by atoms with E-state index in [1.54, 1.807) is 30.6 Å². The van der Waals surface area contributed by atoms with Crippen LogP contribution in [0.15, 0.2) is 71.9 Å². The van der Waals surface area contributed by atoms with Crippen LogP contribution in [0.25, 0.3) is 11.4 Å². The molecular formula is C18H16ClN3O2S. The second-order valence-corrected chi connectivity index (χ2v) is 7.50. The maximum atomic E-state index is 12.3. The van der Waals surface area contributed by atoms with Crippen molar-refractivity contribution in [1.82, 2.24) is 14.7 Å². The summed E-state index contributed by atoms with van der Waals surface area (Å²) in [6.07, 6.45) is 3.90. The molecule has 0 atom stereocenters. The summed E-state index contributed by atoms with van der Waals surface area (Å²) in [5, 5.41) is 0.200. The molecule has 0 saturated heterocycles. The number of sulfonamides is 1. The predicted molar refractivity (Wildman–Crippen MR) is 97.8 cm³/mol. The Hall–Kier alpha value is -2.28. The Morgan fingerprint density at radius 3 is 2.24 bits per heavy atom. The van der Waals surface area contributed by atoms with Crippen molar-refractivity contribution in [3.63, 3.8) is 0 Å². The zero-order chi connectivity index (χ0) is 17.7. The first kappa shape index (κ1) is 17.5. The maximum Gasteiger partial charge on any atom is 0.242 e. The van der Waals surface area contributed by atoms with Gasteiger partial charge >= 0.3 is 0 Å². The third-order valence-corrected chi connectivity index (χ3v) is 5.53. The van der Waals surface area contributed by atoms with Crippen molar-refractivity contribution in [2.24, 2.45) is 0 Å². The molecule has 5 nitrogen and oxygen atoms in total. The van der Waals surface area contributed by atoms with Crippen molar-refractivity contribution < 1.29 is 8.42 Å². The third-order valence-electron chi connectivity index (χ3n) is 3.57. The molecule has 0 bridgehead atoms. The summed E-state index contributed by atoms with van der Waals surface area (Å²) in [6.45, 7) is 0.238. The fourth-order valence-electron chi connectivity index (χ4n) is 2.29. The van der Waals surface area contributed by atoms with Crippen LogP contribution < -0.4 is 4.72 Å². The minimum atomic E-state index is -3.64. The van der Waals surface area contributed by atoms with E-state index in [0.29, 0.717) is 12.2 Å². The Kier molecular flexibility index (Phi) is 5.43. The average Bonchev–Trinajstić information content (AvgIpc) is 2.63. The van der Waals surface area contributed by atoms with Gasteiger partial charge in [-0.05, 0) is 24.1 Å². The summed E-state index contributed by atoms with van der Waals surface area (Å²) in [4.78, 5) is 8.73. The van der Waals surface area contributed by atoms with Gasteiger partial charge in [0.05, 0.1) is 5.02 Å². The number of rotatable bonds is 6. The first-order valence-electron chi connectivity index (χ1n) is 7.67. The van der Waals surface area contributed by atoms with Crippen molar-refractivity contribution in [2.75, 3.05) is 6.54 Å². The van der Waals surface area contributed by atoms with Crippen molar-refractivity contribution in [2.45, 2.75) is 11.3 Å². The summed E-state index contributed by atoms with van der Waals surface area (Å²) >= 11 is 5.94. The highest BCUT2D eigenvalue weighted by Gasteiger charge is 2.16. The third kappa shape index (κ3) is 4.42. The highest BCUT2D eigenvalue weighted by molar-refractivity contribution is 7.89. The van der Waals surface area contributed by atoms with Gasteiger partial charge in [0.1, 0.15) is 4.90 Å². The molecular weight excluding hydrogens is 358 g/mol. The van der Waals surface area contributed by atoms with E-state index in [2.05, 4.69) is 14.7 Å². The highest BCUT2D eigenvalue weighted by atomic mass is 35.5. The van der Waals surface area contributed by atoms with Gasteiger partial charge in [-0.2, -0.15) is 0 Å². The predicted octanol–water partition coefficient (Wildman–Crippen LogP) is 3.32. The first-order chi connectivity index (χ1) is 12.1. The Bertz CT molecular complexity index is 946. The van der Waals surface area contributed by atoms with Gasteiger partial charge in [0.15, 0.2) is 5.82 Å². The molecule has 0 unspecified atom stereocenters. The van der Waals surface area contributed by atoms with Crippen molar-refractivity contribution in [3.8, 4) is 11.4 Å². The number of nitrogens with one attached hydrogen (secondary N) is 1. The Morgan fingerprint density at radius 2 is 1.56 bits per heavy atom. The summed E-state index contributed by atoms with van der Waals surface area (Å²) in [5.41, 5.74) is 1.79. The molecule has 0 spiro atoms. The van der Waals surface area contributed by atoms with E-state index in [4.69, 9.17) is 11.6 Å². The average molecular weight is 374 g/mol. The van der Waals surface area contributed by atoms with Crippen LogP contribution in [0.4, 0.5) is 0 Å². The van der Waals surface area contributed by atoms with E-state index < -0.39 is 10.0 Å². The standard InChI is InChI=1S/C18H16ClN3O2S/c19-16-8-4-5-9-17(16)25(23,24)22-11-10-14-12-20-18(21-13-14)15-6-2-1-3-7-15/h1-9,12-13,22H,10-11H2. The quantitative estimate of drug-likeness (QED) is 0.719. The van der Waals surface area contributed by atoms with E-state index in [9.17, 15) is 8.42 Å². The van der Waals surface area contributed by atoms with E-state index in [0.717, 1.165) is 11.1 Å². The van der Waals surface area contributed by atoms with Gasteiger partial charge in [-0.25, -0.2) is 23.1 Å². The number of aromatic nitrogens is 2. The summed E-state index contributed by atoms with van der Waals surface area (Å²) in [6, 6.07) is 16.0. The largest absolute Gasteiger partial charge is 0.242 e. The molecule has 3 aromatic rings. The van der Waals surface area contributed by atoms with E-state index >= 15 is 0 Å². The zero-order valence-corrected chi connectivity index (χ0v) is 14.8. The first-order valence-corrected chi connectivity index (χ1v) is 9.53. The lowest BCUT2D eigenvalue weighted by molar-refractivity contribution is 0.581. The van der Waals surface area contributed by atoms with E-state index in [1.807, 2.05) is 30.3 Å². The molecule has 3 rings (SSSR count). The molecule has 0 fully saturated rings. The number of halogens is 1. The Balaban J connectivity index is 1.62. The second-order valence-electron chi connectivity index (χ2n) is 5.36. The molecule has 1 heterocycles. The van der Waals surface area contributed by atoms with Crippen LogP contribution in [0.2, 0.25) is 5.02 Å². The van der Waals surface area contributed by atoms with Crippen LogP contribution >= 0.6 is 11.6 Å². The topological polar surface area (TPSA) is 72.0 Å². The summed E-state index contributed by atoms with van der Waals surface area (Å²) in [7, 11) is -3.64. The molecule has 2 aromatic carbocycles. The molecule has 0 aliphatic carbocycles. The SMILES string of the molecule is O=S(=O)(NCCc1cnc(-c2ccccc2)nc1)c1ccccc1Cl. The van der Waals surface area contributed by atoms with Gasteiger partial charge < -0.3 is 0 Å². The van der Waals surface area contributed by atoms with E-state index in [1.165, 1.54) is 6.07 Å². The zero-order valence-electron chi connectivity index (χ0n) is 13.3. The Labute approximate surface area is 151 Å². The molecule has 0 radical (unpaired) electrons. The highest BCUT2D eigenvalue weighted by Crippen LogP contribution is 2.20. The minimum Gasteiger partial charge on any atom is -0.236 e. The fraction of sp³-hybridized carbons (Fsp3) is 0.111. The van der Waals surface area contributed by atoms with Crippen LogP contribution in [0.1, 0.15) is 5.56 Å². The number of benzene rings is 2. The van der Waals surface area contributed by atoms with E-state index in [-0.39, 0.29) is 16.5 Å². The van der Waals surface area contributed by atoms with Gasteiger partial charge in [0, 0.05) is 24.5 Å². The summed E-state index contributed by atoms with van der Waals surface area (Å²) < 4.78 is 27.1. The molecule has 1 aromatic heterocycles. The molecule has 128 valence electrons.